The lowest BCUT2D eigenvalue weighted by atomic mass is 10.0. The number of hydrogen-bond donors (Lipinski definition) is 1. The zero-order valence-corrected chi connectivity index (χ0v) is 11.8. The molecule has 0 saturated carbocycles. The number of rotatable bonds is 5. The van der Waals surface area contributed by atoms with E-state index in [1.54, 1.807) is 17.0 Å². The molecule has 1 amide bonds. The van der Waals surface area contributed by atoms with Crippen LogP contribution in [0.15, 0.2) is 24.3 Å². The Labute approximate surface area is 122 Å². The first kappa shape index (κ1) is 15.7. The van der Waals surface area contributed by atoms with Crippen molar-refractivity contribution < 1.29 is 23.4 Å². The summed E-state index contributed by atoms with van der Waals surface area (Å²) in [5.74, 6) is 0.311. The fourth-order valence-corrected chi connectivity index (χ4v) is 2.66. The summed E-state index contributed by atoms with van der Waals surface area (Å²) in [6.45, 7) is -0.217. The van der Waals surface area contributed by atoms with Gasteiger partial charge in [-0.05, 0) is 30.0 Å². The number of carbonyl (C=O) groups is 1. The van der Waals surface area contributed by atoms with E-state index in [0.29, 0.717) is 12.5 Å². The predicted molar refractivity (Wildman–Crippen MR) is 73.1 cm³/mol. The van der Waals surface area contributed by atoms with Gasteiger partial charge < -0.3 is 14.7 Å². The lowest BCUT2D eigenvalue weighted by molar-refractivity contribution is -0.132. The lowest BCUT2D eigenvalue weighted by Crippen LogP contribution is -2.40. The Kier molecular flexibility index (Phi) is 5.12. The molecule has 1 saturated heterocycles. The highest BCUT2D eigenvalue weighted by molar-refractivity contribution is 5.79. The van der Waals surface area contributed by atoms with Crippen LogP contribution in [0.2, 0.25) is 0 Å². The summed E-state index contributed by atoms with van der Waals surface area (Å²) >= 11 is 0. The maximum atomic E-state index is 12.3. The third-order valence-electron chi connectivity index (χ3n) is 3.89. The van der Waals surface area contributed by atoms with Crippen molar-refractivity contribution in [3.05, 3.63) is 29.8 Å². The predicted octanol–water partition coefficient (Wildman–Crippen LogP) is 2.06. The summed E-state index contributed by atoms with van der Waals surface area (Å²) < 4.78 is 28.4. The van der Waals surface area contributed by atoms with Crippen molar-refractivity contribution in [1.29, 1.82) is 0 Å². The van der Waals surface area contributed by atoms with E-state index in [4.69, 9.17) is 0 Å². The minimum atomic E-state index is -2.85. The highest BCUT2D eigenvalue weighted by Crippen LogP contribution is 2.24. The molecule has 1 N–H and O–H groups in total. The van der Waals surface area contributed by atoms with Crippen molar-refractivity contribution in [2.24, 2.45) is 5.92 Å². The van der Waals surface area contributed by atoms with Gasteiger partial charge >= 0.3 is 6.61 Å². The van der Waals surface area contributed by atoms with Gasteiger partial charge in [-0.1, -0.05) is 19.1 Å². The molecule has 116 valence electrons. The molecule has 0 aliphatic carbocycles. The summed E-state index contributed by atoms with van der Waals surface area (Å²) in [6.07, 6.45) is 1.08. The first-order valence-corrected chi connectivity index (χ1v) is 6.95. The zero-order valence-electron chi connectivity index (χ0n) is 11.8. The molecule has 1 aromatic carbocycles. The molecule has 1 aromatic rings. The van der Waals surface area contributed by atoms with Crippen molar-refractivity contribution in [3.63, 3.8) is 0 Å². The molecule has 0 aromatic heterocycles. The molecular formula is C15H19F2NO3. The molecule has 0 bridgehead atoms. The van der Waals surface area contributed by atoms with E-state index in [-0.39, 0.29) is 30.7 Å². The highest BCUT2D eigenvalue weighted by atomic mass is 19.3. The van der Waals surface area contributed by atoms with Crippen molar-refractivity contribution in [1.82, 2.24) is 4.90 Å². The topological polar surface area (TPSA) is 49.8 Å². The standard InChI is InChI=1S/C15H19F2NO3/c1-10-6-7-18(13(10)9-19)14(20)8-11-2-4-12(5-3-11)21-15(16)17/h2-5,10,13,15,19H,6-9H2,1H3. The number of benzene rings is 1. The fraction of sp³-hybridized carbons (Fsp3) is 0.533. The maximum Gasteiger partial charge on any atom is 0.387 e. The van der Waals surface area contributed by atoms with Crippen molar-refractivity contribution in [2.75, 3.05) is 13.2 Å². The van der Waals surface area contributed by atoms with Crippen molar-refractivity contribution >= 4 is 5.91 Å². The Morgan fingerprint density at radius 1 is 1.43 bits per heavy atom. The molecule has 2 unspecified atom stereocenters. The Morgan fingerprint density at radius 2 is 2.10 bits per heavy atom. The van der Waals surface area contributed by atoms with E-state index in [9.17, 15) is 18.7 Å². The monoisotopic (exact) mass is 299 g/mol. The Morgan fingerprint density at radius 3 is 2.67 bits per heavy atom. The van der Waals surface area contributed by atoms with Crippen LogP contribution < -0.4 is 4.74 Å². The Hall–Kier alpha value is -1.69. The largest absolute Gasteiger partial charge is 0.435 e. The molecule has 2 rings (SSSR count). The third kappa shape index (κ3) is 3.91. The van der Waals surface area contributed by atoms with Gasteiger partial charge in [-0.3, -0.25) is 4.79 Å². The SMILES string of the molecule is CC1CCN(C(=O)Cc2ccc(OC(F)F)cc2)C1CO. The average molecular weight is 299 g/mol. The van der Waals surface area contributed by atoms with Gasteiger partial charge in [0.15, 0.2) is 0 Å². The maximum absolute atomic E-state index is 12.3. The number of carbonyl (C=O) groups excluding carboxylic acids is 1. The Balaban J connectivity index is 1.96. The van der Waals surface area contributed by atoms with E-state index in [1.165, 1.54) is 12.1 Å². The van der Waals surface area contributed by atoms with Crippen LogP contribution in [0.1, 0.15) is 18.9 Å². The molecule has 2 atom stereocenters. The molecule has 4 nitrogen and oxygen atoms in total. The van der Waals surface area contributed by atoms with Crippen LogP contribution in [0, 0.1) is 5.92 Å². The normalized spacial score (nSPS) is 21.9. The minimum absolute atomic E-state index is 0.0337. The van der Waals surface area contributed by atoms with Gasteiger partial charge in [-0.15, -0.1) is 0 Å². The van der Waals surface area contributed by atoms with Gasteiger partial charge in [0, 0.05) is 6.54 Å². The molecule has 1 heterocycles. The van der Waals surface area contributed by atoms with Gasteiger partial charge in [0.25, 0.3) is 0 Å². The van der Waals surface area contributed by atoms with Crippen LogP contribution in [0.4, 0.5) is 8.78 Å². The molecule has 6 heteroatoms. The summed E-state index contributed by atoms with van der Waals surface area (Å²) in [5, 5.41) is 9.36. The fourth-order valence-electron chi connectivity index (χ4n) is 2.66. The van der Waals surface area contributed by atoms with Crippen LogP contribution in [0.3, 0.4) is 0 Å². The number of amides is 1. The summed E-state index contributed by atoms with van der Waals surface area (Å²) in [4.78, 5) is 14.0. The Bertz CT molecular complexity index is 478. The number of likely N-dealkylation sites (tertiary alicyclic amines) is 1. The zero-order chi connectivity index (χ0) is 15.4. The molecule has 1 aliphatic rings. The van der Waals surface area contributed by atoms with E-state index < -0.39 is 6.61 Å². The quantitative estimate of drug-likeness (QED) is 0.905. The van der Waals surface area contributed by atoms with Crippen molar-refractivity contribution in [3.8, 4) is 5.75 Å². The number of ether oxygens (including phenoxy) is 1. The van der Waals surface area contributed by atoms with E-state index >= 15 is 0 Å². The number of alkyl halides is 2. The second-order valence-corrected chi connectivity index (χ2v) is 5.30. The first-order valence-electron chi connectivity index (χ1n) is 6.95. The molecule has 0 radical (unpaired) electrons. The van der Waals surface area contributed by atoms with Crippen molar-refractivity contribution in [2.45, 2.75) is 32.4 Å². The number of aliphatic hydroxyl groups excluding tert-OH is 1. The molecular weight excluding hydrogens is 280 g/mol. The smallest absolute Gasteiger partial charge is 0.387 e. The number of hydrogen-bond acceptors (Lipinski definition) is 3. The van der Waals surface area contributed by atoms with Gasteiger partial charge in [-0.25, -0.2) is 0 Å². The minimum Gasteiger partial charge on any atom is -0.435 e. The van der Waals surface area contributed by atoms with Crippen LogP contribution >= 0.6 is 0 Å². The highest BCUT2D eigenvalue weighted by Gasteiger charge is 2.33. The molecule has 1 aliphatic heterocycles. The number of nitrogens with zero attached hydrogens (tertiary/aromatic N) is 1. The van der Waals surface area contributed by atoms with Gasteiger partial charge in [0.1, 0.15) is 5.75 Å². The van der Waals surface area contributed by atoms with Crippen LogP contribution in [-0.4, -0.2) is 41.7 Å². The number of aliphatic hydroxyl groups is 1. The summed E-state index contributed by atoms with van der Waals surface area (Å²) in [7, 11) is 0. The van der Waals surface area contributed by atoms with Crippen LogP contribution in [0.25, 0.3) is 0 Å². The van der Waals surface area contributed by atoms with E-state index in [0.717, 1.165) is 12.0 Å². The third-order valence-corrected chi connectivity index (χ3v) is 3.89. The van der Waals surface area contributed by atoms with Gasteiger partial charge in [0.2, 0.25) is 5.91 Å². The van der Waals surface area contributed by atoms with Crippen LogP contribution in [0.5, 0.6) is 5.75 Å². The van der Waals surface area contributed by atoms with Gasteiger partial charge in [-0.2, -0.15) is 8.78 Å². The second kappa shape index (κ2) is 6.85. The van der Waals surface area contributed by atoms with E-state index in [2.05, 4.69) is 4.74 Å². The molecule has 0 spiro atoms. The second-order valence-electron chi connectivity index (χ2n) is 5.30. The van der Waals surface area contributed by atoms with Crippen LogP contribution in [-0.2, 0) is 11.2 Å². The summed E-state index contributed by atoms with van der Waals surface area (Å²) in [5.41, 5.74) is 0.734. The van der Waals surface area contributed by atoms with E-state index in [1.807, 2.05) is 6.92 Å². The average Bonchev–Trinajstić information content (AvgIpc) is 2.81. The molecule has 1 fully saturated rings. The lowest BCUT2D eigenvalue weighted by Gasteiger charge is -2.25. The first-order chi connectivity index (χ1) is 10.0. The van der Waals surface area contributed by atoms with Gasteiger partial charge in [0.05, 0.1) is 19.1 Å². The molecule has 21 heavy (non-hydrogen) atoms. The number of halogens is 2. The summed E-state index contributed by atoms with van der Waals surface area (Å²) in [6, 6.07) is 5.92.